The third kappa shape index (κ3) is 7.76. The van der Waals surface area contributed by atoms with Gasteiger partial charge in [-0.1, -0.05) is 32.0 Å². The van der Waals surface area contributed by atoms with Crippen LogP contribution in [0.15, 0.2) is 48.8 Å². The van der Waals surface area contributed by atoms with E-state index in [2.05, 4.69) is 23.7 Å². The lowest BCUT2D eigenvalue weighted by atomic mass is 9.82. The highest BCUT2D eigenvalue weighted by Crippen LogP contribution is 2.43. The standard InChI is InChI=1S/C33H43N3O5/c1-22-10-8-9-11-27(22)40-19-18-39-24-12-13-26(35-20-24)25-21-34-23(2)28(30(31(37)38)41-32(3,4)5)29(25)36-16-14-33(6,7)15-17-36/h8-13,20-21,30H,14-19H2,1-7H3,(H,37,38)/t30-/m0/s1. The van der Waals surface area contributed by atoms with Crippen LogP contribution >= 0.6 is 0 Å². The molecule has 1 aliphatic rings. The van der Waals surface area contributed by atoms with E-state index in [9.17, 15) is 9.90 Å². The van der Waals surface area contributed by atoms with E-state index < -0.39 is 17.7 Å². The van der Waals surface area contributed by atoms with Gasteiger partial charge in [-0.05, 0) is 76.6 Å². The summed E-state index contributed by atoms with van der Waals surface area (Å²) in [6, 6.07) is 11.7. The van der Waals surface area contributed by atoms with Gasteiger partial charge < -0.3 is 24.2 Å². The molecule has 0 saturated carbocycles. The van der Waals surface area contributed by atoms with Gasteiger partial charge >= 0.3 is 5.97 Å². The van der Waals surface area contributed by atoms with Gasteiger partial charge in [0.2, 0.25) is 0 Å². The minimum atomic E-state index is -1.16. The van der Waals surface area contributed by atoms with Crippen LogP contribution in [0.5, 0.6) is 11.5 Å². The number of para-hydroxylation sites is 1. The number of pyridine rings is 2. The summed E-state index contributed by atoms with van der Waals surface area (Å²) in [5.41, 5.74) is 4.18. The molecule has 0 unspecified atom stereocenters. The smallest absolute Gasteiger partial charge is 0.337 e. The summed E-state index contributed by atoms with van der Waals surface area (Å²) in [6.07, 6.45) is 4.31. The summed E-state index contributed by atoms with van der Waals surface area (Å²) >= 11 is 0. The summed E-state index contributed by atoms with van der Waals surface area (Å²) in [6.45, 7) is 16.4. The van der Waals surface area contributed by atoms with Gasteiger partial charge in [-0.3, -0.25) is 9.97 Å². The third-order valence-corrected chi connectivity index (χ3v) is 7.39. The number of anilines is 1. The minimum absolute atomic E-state index is 0.229. The molecule has 41 heavy (non-hydrogen) atoms. The molecule has 0 radical (unpaired) electrons. The zero-order valence-electron chi connectivity index (χ0n) is 25.4. The molecule has 220 valence electrons. The number of hydrogen-bond acceptors (Lipinski definition) is 7. The average molecular weight is 562 g/mol. The molecule has 1 atom stereocenters. The first-order valence-electron chi connectivity index (χ1n) is 14.3. The number of benzene rings is 1. The number of rotatable bonds is 10. The van der Waals surface area contributed by atoms with Gasteiger partial charge in [-0.15, -0.1) is 0 Å². The number of aryl methyl sites for hydroxylation is 2. The number of carboxylic acid groups (broad SMARTS) is 1. The number of aromatic nitrogens is 2. The highest BCUT2D eigenvalue weighted by atomic mass is 16.5. The Morgan fingerprint density at radius 2 is 1.68 bits per heavy atom. The predicted molar refractivity (Wildman–Crippen MR) is 161 cm³/mol. The van der Waals surface area contributed by atoms with E-state index in [0.29, 0.717) is 35.9 Å². The largest absolute Gasteiger partial charge is 0.490 e. The van der Waals surface area contributed by atoms with E-state index in [4.69, 9.17) is 19.2 Å². The highest BCUT2D eigenvalue weighted by molar-refractivity contribution is 5.85. The zero-order valence-corrected chi connectivity index (χ0v) is 25.4. The van der Waals surface area contributed by atoms with Gasteiger partial charge in [0.1, 0.15) is 24.7 Å². The maximum Gasteiger partial charge on any atom is 0.337 e. The lowest BCUT2D eigenvalue weighted by Crippen LogP contribution is -2.39. The summed E-state index contributed by atoms with van der Waals surface area (Å²) < 4.78 is 17.8. The number of aliphatic carboxylic acids is 1. The maximum atomic E-state index is 12.6. The molecule has 3 aromatic rings. The fourth-order valence-electron chi connectivity index (χ4n) is 5.03. The molecule has 0 bridgehead atoms. The van der Waals surface area contributed by atoms with E-state index in [-0.39, 0.29) is 5.41 Å². The van der Waals surface area contributed by atoms with Crippen LogP contribution in [-0.4, -0.2) is 52.9 Å². The highest BCUT2D eigenvalue weighted by Gasteiger charge is 2.36. The van der Waals surface area contributed by atoms with Crippen LogP contribution < -0.4 is 14.4 Å². The molecular formula is C33H43N3O5. The molecule has 2 aromatic heterocycles. The van der Waals surface area contributed by atoms with Crippen molar-refractivity contribution in [3.8, 4) is 22.8 Å². The Morgan fingerprint density at radius 1 is 1.00 bits per heavy atom. The lowest BCUT2D eigenvalue weighted by Gasteiger charge is -2.40. The van der Waals surface area contributed by atoms with Crippen LogP contribution in [0.4, 0.5) is 5.69 Å². The van der Waals surface area contributed by atoms with E-state index in [1.807, 2.05) is 71.0 Å². The van der Waals surface area contributed by atoms with Crippen molar-refractivity contribution in [3.05, 3.63) is 65.6 Å². The minimum Gasteiger partial charge on any atom is -0.490 e. The van der Waals surface area contributed by atoms with Crippen LogP contribution in [0, 0.1) is 19.3 Å². The van der Waals surface area contributed by atoms with Crippen molar-refractivity contribution in [1.82, 2.24) is 9.97 Å². The lowest BCUT2D eigenvalue weighted by molar-refractivity contribution is -0.160. The second-order valence-electron chi connectivity index (χ2n) is 12.5. The summed E-state index contributed by atoms with van der Waals surface area (Å²) in [5, 5.41) is 10.3. The first-order valence-corrected chi connectivity index (χ1v) is 14.3. The van der Waals surface area contributed by atoms with Gasteiger partial charge in [-0.2, -0.15) is 0 Å². The van der Waals surface area contributed by atoms with E-state index >= 15 is 0 Å². The Balaban J connectivity index is 1.62. The van der Waals surface area contributed by atoms with Gasteiger partial charge in [-0.25, -0.2) is 4.79 Å². The Morgan fingerprint density at radius 3 is 2.29 bits per heavy atom. The second-order valence-corrected chi connectivity index (χ2v) is 12.5. The Bertz CT molecular complexity index is 1340. The summed E-state index contributed by atoms with van der Waals surface area (Å²) in [7, 11) is 0. The van der Waals surface area contributed by atoms with Crippen LogP contribution in [0.3, 0.4) is 0 Å². The van der Waals surface area contributed by atoms with Crippen LogP contribution in [-0.2, 0) is 9.53 Å². The first-order chi connectivity index (χ1) is 19.3. The SMILES string of the molecule is Cc1ccccc1OCCOc1ccc(-c2cnc(C)c([C@H](OC(C)(C)C)C(=O)O)c2N2CCC(C)(C)CC2)nc1. The molecule has 8 nitrogen and oxygen atoms in total. The Kier molecular flexibility index (Phi) is 9.22. The topological polar surface area (TPSA) is 94.0 Å². The van der Waals surface area contributed by atoms with Gasteiger partial charge in [0.15, 0.2) is 6.10 Å². The molecule has 0 aliphatic carbocycles. The fourth-order valence-corrected chi connectivity index (χ4v) is 5.03. The molecule has 1 saturated heterocycles. The van der Waals surface area contributed by atoms with Crippen LogP contribution in [0.2, 0.25) is 0 Å². The van der Waals surface area contributed by atoms with Gasteiger partial charge in [0.25, 0.3) is 0 Å². The summed E-state index contributed by atoms with van der Waals surface area (Å²) in [4.78, 5) is 24.2. The zero-order chi connectivity index (χ0) is 29.8. The first kappa shape index (κ1) is 30.3. The molecule has 1 aliphatic heterocycles. The average Bonchev–Trinajstić information content (AvgIpc) is 2.91. The van der Waals surface area contributed by atoms with E-state index in [0.717, 1.165) is 48.5 Å². The molecule has 1 fully saturated rings. The Hall–Kier alpha value is -3.65. The van der Waals surface area contributed by atoms with E-state index in [1.165, 1.54) is 0 Å². The molecular weight excluding hydrogens is 518 g/mol. The molecule has 8 heteroatoms. The second kappa shape index (κ2) is 12.5. The van der Waals surface area contributed by atoms with Crippen molar-refractivity contribution in [2.24, 2.45) is 5.41 Å². The molecule has 0 spiro atoms. The fraction of sp³-hybridized carbons (Fsp3) is 0.485. The number of nitrogens with zero attached hydrogens (tertiary/aromatic N) is 3. The number of carbonyl (C=O) groups is 1. The quantitative estimate of drug-likeness (QED) is 0.271. The molecule has 3 heterocycles. The van der Waals surface area contributed by atoms with Crippen LogP contribution in [0.1, 0.15) is 70.4 Å². The third-order valence-electron chi connectivity index (χ3n) is 7.39. The van der Waals surface area contributed by atoms with Crippen molar-refractivity contribution < 1.29 is 24.1 Å². The molecule has 1 aromatic carbocycles. The predicted octanol–water partition coefficient (Wildman–Crippen LogP) is 6.79. The van der Waals surface area contributed by atoms with Crippen molar-refractivity contribution in [2.45, 2.75) is 73.0 Å². The van der Waals surface area contributed by atoms with E-state index in [1.54, 1.807) is 12.4 Å². The number of carboxylic acids is 1. The van der Waals surface area contributed by atoms with Crippen molar-refractivity contribution in [2.75, 3.05) is 31.2 Å². The molecule has 4 rings (SSSR count). The van der Waals surface area contributed by atoms with Gasteiger partial charge in [0, 0.05) is 36.1 Å². The van der Waals surface area contributed by atoms with Crippen molar-refractivity contribution >= 4 is 11.7 Å². The number of ether oxygens (including phenoxy) is 3. The molecule has 0 amide bonds. The summed E-state index contributed by atoms with van der Waals surface area (Å²) in [5.74, 6) is 0.435. The van der Waals surface area contributed by atoms with Gasteiger partial charge in [0.05, 0.1) is 23.2 Å². The van der Waals surface area contributed by atoms with Crippen molar-refractivity contribution in [3.63, 3.8) is 0 Å². The number of hydrogen-bond donors (Lipinski definition) is 1. The van der Waals surface area contributed by atoms with Crippen LogP contribution in [0.25, 0.3) is 11.3 Å². The normalized spacial score (nSPS) is 15.8. The molecule has 1 N–H and O–H groups in total. The number of piperidine rings is 1. The Labute approximate surface area is 243 Å². The van der Waals surface area contributed by atoms with Crippen molar-refractivity contribution in [1.29, 1.82) is 0 Å². The monoisotopic (exact) mass is 561 g/mol. The maximum absolute atomic E-state index is 12.6.